The Morgan fingerprint density at radius 2 is 1.86 bits per heavy atom. The number of nitrogens with two attached hydrogens (primary N) is 1. The van der Waals surface area contributed by atoms with Crippen molar-refractivity contribution in [1.29, 1.82) is 0 Å². The molecule has 4 atom stereocenters. The van der Waals surface area contributed by atoms with E-state index in [0.717, 1.165) is 32.5 Å². The first-order valence-corrected chi connectivity index (χ1v) is 8.76. The molecule has 0 saturated carbocycles. The summed E-state index contributed by atoms with van der Waals surface area (Å²) in [6.07, 6.45) is 5.47. The summed E-state index contributed by atoms with van der Waals surface area (Å²) in [5.74, 6) is 1.70. The molecule has 21 heavy (non-hydrogen) atoms. The van der Waals surface area contributed by atoms with E-state index in [-0.39, 0.29) is 6.04 Å². The Kier molecular flexibility index (Phi) is 6.06. The van der Waals surface area contributed by atoms with Crippen molar-refractivity contribution < 1.29 is 4.79 Å². The second kappa shape index (κ2) is 7.59. The molecule has 1 amide bonds. The number of rotatable bonds is 4. The van der Waals surface area contributed by atoms with Crippen molar-refractivity contribution in [2.45, 2.75) is 65.0 Å². The summed E-state index contributed by atoms with van der Waals surface area (Å²) in [6.45, 7) is 10.5. The summed E-state index contributed by atoms with van der Waals surface area (Å²) in [4.78, 5) is 17.1. The molecule has 2 aliphatic heterocycles. The second-order valence-corrected chi connectivity index (χ2v) is 7.29. The topological polar surface area (TPSA) is 49.6 Å². The molecule has 0 spiro atoms. The Morgan fingerprint density at radius 3 is 2.48 bits per heavy atom. The van der Waals surface area contributed by atoms with Crippen molar-refractivity contribution in [2.24, 2.45) is 17.6 Å². The summed E-state index contributed by atoms with van der Waals surface area (Å²) in [7, 11) is 0. The van der Waals surface area contributed by atoms with Gasteiger partial charge in [-0.15, -0.1) is 0 Å². The number of hydrogen-bond acceptors (Lipinski definition) is 3. The van der Waals surface area contributed by atoms with E-state index in [9.17, 15) is 4.79 Å². The SMILES string of the molecule is CC1CC(C)C(C)N(C(CN)CC(=O)N2CCCCC2)C1. The molecule has 0 aromatic carbocycles. The standard InChI is InChI=1S/C17H33N3O/c1-13-9-14(2)15(3)20(12-13)16(11-18)10-17(21)19-7-5-4-6-8-19/h13-16H,4-12,18H2,1-3H3. The van der Waals surface area contributed by atoms with Crippen molar-refractivity contribution in [3.63, 3.8) is 0 Å². The molecule has 0 aromatic rings. The zero-order valence-corrected chi connectivity index (χ0v) is 14.1. The maximum Gasteiger partial charge on any atom is 0.224 e. The van der Waals surface area contributed by atoms with E-state index in [1.165, 1.54) is 12.8 Å². The lowest BCUT2D eigenvalue weighted by Gasteiger charge is -2.45. The zero-order valence-electron chi connectivity index (χ0n) is 14.1. The van der Waals surface area contributed by atoms with E-state index in [1.807, 2.05) is 4.90 Å². The number of likely N-dealkylation sites (tertiary alicyclic amines) is 2. The third kappa shape index (κ3) is 4.19. The number of carbonyl (C=O) groups excluding carboxylic acids is 1. The largest absolute Gasteiger partial charge is 0.343 e. The van der Waals surface area contributed by atoms with Crippen molar-refractivity contribution in [2.75, 3.05) is 26.2 Å². The van der Waals surface area contributed by atoms with Crippen molar-refractivity contribution >= 4 is 5.91 Å². The van der Waals surface area contributed by atoms with Gasteiger partial charge in [0.15, 0.2) is 0 Å². The lowest BCUT2D eigenvalue weighted by atomic mass is 9.84. The van der Waals surface area contributed by atoms with Gasteiger partial charge in [-0.25, -0.2) is 0 Å². The first-order valence-electron chi connectivity index (χ1n) is 8.76. The molecule has 0 aromatic heterocycles. The Labute approximate surface area is 130 Å². The zero-order chi connectivity index (χ0) is 15.4. The fraction of sp³-hybridized carbons (Fsp3) is 0.941. The molecule has 2 heterocycles. The third-order valence-electron chi connectivity index (χ3n) is 5.50. The average molecular weight is 295 g/mol. The highest BCUT2D eigenvalue weighted by molar-refractivity contribution is 5.77. The molecule has 0 aliphatic carbocycles. The summed E-state index contributed by atoms with van der Waals surface area (Å²) < 4.78 is 0. The highest BCUT2D eigenvalue weighted by Crippen LogP contribution is 2.29. The van der Waals surface area contributed by atoms with E-state index < -0.39 is 0 Å². The number of carbonyl (C=O) groups is 1. The summed E-state index contributed by atoms with van der Waals surface area (Å²) in [5.41, 5.74) is 6.02. The Bertz CT molecular complexity index is 341. The lowest BCUT2D eigenvalue weighted by molar-refractivity contribution is -0.134. The van der Waals surface area contributed by atoms with Crippen LogP contribution in [0.2, 0.25) is 0 Å². The lowest BCUT2D eigenvalue weighted by Crippen LogP contribution is -2.54. The second-order valence-electron chi connectivity index (χ2n) is 7.29. The van der Waals surface area contributed by atoms with Crippen molar-refractivity contribution in [1.82, 2.24) is 9.80 Å². The third-order valence-corrected chi connectivity index (χ3v) is 5.50. The molecular formula is C17H33N3O. The van der Waals surface area contributed by atoms with Gasteiger partial charge < -0.3 is 10.6 Å². The minimum atomic E-state index is 0.208. The smallest absolute Gasteiger partial charge is 0.224 e. The van der Waals surface area contributed by atoms with Gasteiger partial charge in [-0.3, -0.25) is 9.69 Å². The predicted octanol–water partition coefficient (Wildman–Crippen LogP) is 2.08. The van der Waals surface area contributed by atoms with Crippen LogP contribution >= 0.6 is 0 Å². The van der Waals surface area contributed by atoms with Gasteiger partial charge >= 0.3 is 0 Å². The number of piperidine rings is 2. The van der Waals surface area contributed by atoms with Gasteiger partial charge in [0.1, 0.15) is 0 Å². The van der Waals surface area contributed by atoms with Crippen LogP contribution in [0.15, 0.2) is 0 Å². The van der Waals surface area contributed by atoms with Crippen molar-refractivity contribution in [3.8, 4) is 0 Å². The fourth-order valence-corrected chi connectivity index (χ4v) is 4.05. The van der Waals surface area contributed by atoms with Gasteiger partial charge in [-0.1, -0.05) is 13.8 Å². The first-order chi connectivity index (χ1) is 10.0. The van der Waals surface area contributed by atoms with Gasteiger partial charge in [0.25, 0.3) is 0 Å². The van der Waals surface area contributed by atoms with Crippen LogP contribution in [0.1, 0.15) is 52.9 Å². The summed E-state index contributed by atoms with van der Waals surface area (Å²) >= 11 is 0. The molecule has 2 saturated heterocycles. The number of hydrogen-bond donors (Lipinski definition) is 1. The predicted molar refractivity (Wildman–Crippen MR) is 87.0 cm³/mol. The maximum atomic E-state index is 12.5. The normalized spacial score (nSPS) is 33.0. The van der Waals surface area contributed by atoms with Crippen LogP contribution in [0.3, 0.4) is 0 Å². The fourth-order valence-electron chi connectivity index (χ4n) is 4.05. The minimum Gasteiger partial charge on any atom is -0.343 e. The first kappa shape index (κ1) is 16.8. The van der Waals surface area contributed by atoms with Crippen LogP contribution in [0.4, 0.5) is 0 Å². The quantitative estimate of drug-likeness (QED) is 0.864. The number of nitrogens with zero attached hydrogens (tertiary/aromatic N) is 2. The van der Waals surface area contributed by atoms with E-state index in [0.29, 0.717) is 36.8 Å². The molecule has 4 nitrogen and oxygen atoms in total. The molecule has 2 N–H and O–H groups in total. The molecule has 2 fully saturated rings. The van der Waals surface area contributed by atoms with Crippen LogP contribution < -0.4 is 5.73 Å². The monoisotopic (exact) mass is 295 g/mol. The van der Waals surface area contributed by atoms with Crippen LogP contribution in [-0.2, 0) is 4.79 Å². The molecular weight excluding hydrogens is 262 g/mol. The van der Waals surface area contributed by atoms with Crippen LogP contribution in [-0.4, -0.2) is 54.0 Å². The van der Waals surface area contributed by atoms with Gasteiger partial charge in [0, 0.05) is 44.7 Å². The highest BCUT2D eigenvalue weighted by atomic mass is 16.2. The maximum absolute atomic E-state index is 12.5. The highest BCUT2D eigenvalue weighted by Gasteiger charge is 2.34. The van der Waals surface area contributed by atoms with Crippen LogP contribution in [0.5, 0.6) is 0 Å². The van der Waals surface area contributed by atoms with Gasteiger partial charge in [-0.05, 0) is 44.4 Å². The summed E-state index contributed by atoms with van der Waals surface area (Å²) in [6, 6.07) is 0.739. The molecule has 4 heteroatoms. The Morgan fingerprint density at radius 1 is 1.19 bits per heavy atom. The van der Waals surface area contributed by atoms with Crippen LogP contribution in [0, 0.1) is 11.8 Å². The van der Waals surface area contributed by atoms with Crippen molar-refractivity contribution in [3.05, 3.63) is 0 Å². The van der Waals surface area contributed by atoms with Crippen LogP contribution in [0.25, 0.3) is 0 Å². The van der Waals surface area contributed by atoms with Gasteiger partial charge in [0.05, 0.1) is 0 Å². The van der Waals surface area contributed by atoms with E-state index in [2.05, 4.69) is 25.7 Å². The minimum absolute atomic E-state index is 0.208. The number of amides is 1. The van der Waals surface area contributed by atoms with Gasteiger partial charge in [0.2, 0.25) is 5.91 Å². The van der Waals surface area contributed by atoms with Gasteiger partial charge in [-0.2, -0.15) is 0 Å². The van der Waals surface area contributed by atoms with E-state index in [4.69, 9.17) is 5.73 Å². The average Bonchev–Trinajstić information content (AvgIpc) is 2.49. The molecule has 0 bridgehead atoms. The van der Waals surface area contributed by atoms with E-state index in [1.54, 1.807) is 0 Å². The van der Waals surface area contributed by atoms with E-state index >= 15 is 0 Å². The Hall–Kier alpha value is -0.610. The Balaban J connectivity index is 1.96. The molecule has 122 valence electrons. The molecule has 4 unspecified atom stereocenters. The molecule has 2 aliphatic rings. The molecule has 2 rings (SSSR count). The summed E-state index contributed by atoms with van der Waals surface area (Å²) in [5, 5.41) is 0. The molecule has 0 radical (unpaired) electrons.